The van der Waals surface area contributed by atoms with Gasteiger partial charge in [-0.3, -0.25) is 0 Å². The van der Waals surface area contributed by atoms with E-state index in [0.717, 1.165) is 53.2 Å². The predicted octanol–water partition coefficient (Wildman–Crippen LogP) is 5.44. The van der Waals surface area contributed by atoms with Crippen LogP contribution in [0.5, 0.6) is 0 Å². The lowest BCUT2D eigenvalue weighted by Gasteiger charge is -2.09. The number of imidazole rings is 1. The number of rotatable bonds is 7. The van der Waals surface area contributed by atoms with Gasteiger partial charge in [-0.25, -0.2) is 15.0 Å². The van der Waals surface area contributed by atoms with E-state index in [2.05, 4.69) is 47.7 Å². The molecule has 154 valence electrons. The highest BCUT2D eigenvalue weighted by Crippen LogP contribution is 2.35. The van der Waals surface area contributed by atoms with E-state index in [1.807, 2.05) is 55.0 Å². The van der Waals surface area contributed by atoms with Gasteiger partial charge < -0.3 is 14.5 Å². The molecule has 1 N–H and O–H groups in total. The van der Waals surface area contributed by atoms with Gasteiger partial charge in [-0.1, -0.05) is 41.9 Å². The monoisotopic (exact) mass is 428 g/mol. The Balaban J connectivity index is 1.54. The lowest BCUT2D eigenvalue weighted by Crippen LogP contribution is -2.07. The lowest BCUT2D eigenvalue weighted by atomic mass is 10.1. The molecule has 0 amide bonds. The highest BCUT2D eigenvalue weighted by Gasteiger charge is 2.17. The van der Waals surface area contributed by atoms with E-state index in [0.29, 0.717) is 5.02 Å². The zero-order chi connectivity index (χ0) is 21.0. The third kappa shape index (κ3) is 4.02. The number of anilines is 1. The molecule has 0 aliphatic carbocycles. The molecule has 3 aromatic heterocycles. The molecule has 0 aliphatic rings. The first-order valence-electron chi connectivity index (χ1n) is 10.2. The largest absolute Gasteiger partial charge is 0.369 e. The van der Waals surface area contributed by atoms with Crippen molar-refractivity contribution in [3.05, 3.63) is 90.9 Å². The Kier molecular flexibility index (Phi) is 5.37. The Hall–Kier alpha value is -3.64. The van der Waals surface area contributed by atoms with E-state index >= 15 is 0 Å². The average molecular weight is 429 g/mol. The lowest BCUT2D eigenvalue weighted by molar-refractivity contribution is 0.660. The summed E-state index contributed by atoms with van der Waals surface area (Å²) >= 11 is 6.10. The molecule has 0 radical (unpaired) electrons. The van der Waals surface area contributed by atoms with Crippen molar-refractivity contribution in [2.75, 3.05) is 11.9 Å². The molecule has 31 heavy (non-hydrogen) atoms. The van der Waals surface area contributed by atoms with E-state index in [9.17, 15) is 0 Å². The Morgan fingerprint density at radius 3 is 2.58 bits per heavy atom. The second-order valence-corrected chi connectivity index (χ2v) is 7.69. The molecule has 0 saturated carbocycles. The van der Waals surface area contributed by atoms with Crippen molar-refractivity contribution in [2.24, 2.45) is 0 Å². The maximum absolute atomic E-state index is 6.10. The number of hydrogen-bond acceptors (Lipinski definition) is 4. The number of benzene rings is 2. The third-order valence-electron chi connectivity index (χ3n) is 5.22. The van der Waals surface area contributed by atoms with E-state index in [-0.39, 0.29) is 0 Å². The number of halogens is 1. The SMILES string of the molecule is Clc1ccc(-n2cc(-c3ccccc3)c3c(NCCCn4ccnc4)ncnc32)cc1. The van der Waals surface area contributed by atoms with Crippen LogP contribution in [0.25, 0.3) is 27.8 Å². The molecule has 0 saturated heterocycles. The highest BCUT2D eigenvalue weighted by atomic mass is 35.5. The standard InChI is InChI=1S/C24H21ClN6/c25-19-7-9-20(10-8-19)31-15-21(18-5-2-1-3-6-18)22-23(28-16-29-24(22)31)27-11-4-13-30-14-12-26-17-30/h1-3,5-10,12,14-17H,4,11,13H2,(H,27,28,29). The molecule has 0 bridgehead atoms. The zero-order valence-corrected chi connectivity index (χ0v) is 17.6. The summed E-state index contributed by atoms with van der Waals surface area (Å²) in [6.45, 7) is 1.70. The van der Waals surface area contributed by atoms with Crippen LogP contribution >= 0.6 is 11.6 Å². The van der Waals surface area contributed by atoms with Crippen molar-refractivity contribution in [1.29, 1.82) is 0 Å². The first-order valence-corrected chi connectivity index (χ1v) is 10.5. The number of hydrogen-bond donors (Lipinski definition) is 1. The molecule has 0 aliphatic heterocycles. The fourth-order valence-electron chi connectivity index (χ4n) is 3.72. The molecule has 5 rings (SSSR count). The summed E-state index contributed by atoms with van der Waals surface area (Å²) in [6, 6.07) is 18.1. The molecular formula is C24H21ClN6. The molecule has 0 fully saturated rings. The smallest absolute Gasteiger partial charge is 0.150 e. The number of nitrogens with one attached hydrogen (secondary N) is 1. The van der Waals surface area contributed by atoms with Crippen molar-refractivity contribution >= 4 is 28.5 Å². The van der Waals surface area contributed by atoms with E-state index < -0.39 is 0 Å². The van der Waals surface area contributed by atoms with Gasteiger partial charge in [-0.2, -0.15) is 0 Å². The minimum atomic E-state index is 0.707. The number of aryl methyl sites for hydroxylation is 1. The Labute approximate surface area is 185 Å². The van der Waals surface area contributed by atoms with Gasteiger partial charge in [0.15, 0.2) is 5.65 Å². The highest BCUT2D eigenvalue weighted by molar-refractivity contribution is 6.30. The maximum Gasteiger partial charge on any atom is 0.150 e. The quantitative estimate of drug-likeness (QED) is 0.351. The second-order valence-electron chi connectivity index (χ2n) is 7.26. The molecule has 0 unspecified atom stereocenters. The minimum Gasteiger partial charge on any atom is -0.369 e. The Bertz CT molecular complexity index is 1280. The van der Waals surface area contributed by atoms with Gasteiger partial charge in [-0.05, 0) is 36.2 Å². The van der Waals surface area contributed by atoms with Crippen molar-refractivity contribution in [3.8, 4) is 16.8 Å². The Morgan fingerprint density at radius 2 is 1.81 bits per heavy atom. The van der Waals surface area contributed by atoms with Crippen LogP contribution in [0.2, 0.25) is 5.02 Å². The van der Waals surface area contributed by atoms with Gasteiger partial charge in [0.1, 0.15) is 12.1 Å². The van der Waals surface area contributed by atoms with Crippen LogP contribution in [0.3, 0.4) is 0 Å². The fourth-order valence-corrected chi connectivity index (χ4v) is 3.84. The fraction of sp³-hybridized carbons (Fsp3) is 0.125. The molecule has 5 aromatic rings. The van der Waals surface area contributed by atoms with Crippen LogP contribution in [0.15, 0.2) is 85.8 Å². The summed E-state index contributed by atoms with van der Waals surface area (Å²) in [7, 11) is 0. The summed E-state index contributed by atoms with van der Waals surface area (Å²) in [5.41, 5.74) is 4.06. The normalized spacial score (nSPS) is 11.1. The van der Waals surface area contributed by atoms with E-state index in [1.165, 1.54) is 0 Å². The van der Waals surface area contributed by atoms with Gasteiger partial charge in [-0.15, -0.1) is 0 Å². The van der Waals surface area contributed by atoms with Crippen molar-refractivity contribution in [3.63, 3.8) is 0 Å². The van der Waals surface area contributed by atoms with Crippen molar-refractivity contribution in [1.82, 2.24) is 24.1 Å². The van der Waals surface area contributed by atoms with Crippen LogP contribution in [-0.4, -0.2) is 30.6 Å². The molecule has 7 heteroatoms. The Morgan fingerprint density at radius 1 is 0.968 bits per heavy atom. The average Bonchev–Trinajstić information content (AvgIpc) is 3.46. The summed E-state index contributed by atoms with van der Waals surface area (Å²) in [5, 5.41) is 5.23. The van der Waals surface area contributed by atoms with Gasteiger partial charge in [0, 0.05) is 48.0 Å². The second kappa shape index (κ2) is 8.62. The summed E-state index contributed by atoms with van der Waals surface area (Å²) in [6.07, 6.45) is 10.3. The summed E-state index contributed by atoms with van der Waals surface area (Å²) in [4.78, 5) is 13.3. The minimum absolute atomic E-state index is 0.707. The number of fused-ring (bicyclic) bond motifs is 1. The predicted molar refractivity (Wildman–Crippen MR) is 125 cm³/mol. The van der Waals surface area contributed by atoms with Gasteiger partial charge in [0.2, 0.25) is 0 Å². The molecule has 3 heterocycles. The first kappa shape index (κ1) is 19.3. The van der Waals surface area contributed by atoms with Crippen LogP contribution in [-0.2, 0) is 6.54 Å². The zero-order valence-electron chi connectivity index (χ0n) is 16.8. The summed E-state index contributed by atoms with van der Waals surface area (Å²) in [5.74, 6) is 0.835. The third-order valence-corrected chi connectivity index (χ3v) is 5.47. The van der Waals surface area contributed by atoms with Crippen LogP contribution in [0.4, 0.5) is 5.82 Å². The van der Waals surface area contributed by atoms with Crippen LogP contribution < -0.4 is 5.32 Å². The van der Waals surface area contributed by atoms with E-state index in [4.69, 9.17) is 11.6 Å². The van der Waals surface area contributed by atoms with Gasteiger partial charge in [0.25, 0.3) is 0 Å². The van der Waals surface area contributed by atoms with Crippen LogP contribution in [0, 0.1) is 0 Å². The molecule has 6 nitrogen and oxygen atoms in total. The molecule has 2 aromatic carbocycles. The number of aromatic nitrogens is 5. The molecule has 0 atom stereocenters. The van der Waals surface area contributed by atoms with Gasteiger partial charge in [0.05, 0.1) is 11.7 Å². The first-order chi connectivity index (χ1) is 15.3. The topological polar surface area (TPSA) is 60.6 Å². The maximum atomic E-state index is 6.10. The summed E-state index contributed by atoms with van der Waals surface area (Å²) < 4.78 is 4.16. The van der Waals surface area contributed by atoms with Crippen LogP contribution in [0.1, 0.15) is 6.42 Å². The van der Waals surface area contributed by atoms with Crippen molar-refractivity contribution < 1.29 is 0 Å². The van der Waals surface area contributed by atoms with E-state index in [1.54, 1.807) is 12.5 Å². The van der Waals surface area contributed by atoms with Crippen molar-refractivity contribution in [2.45, 2.75) is 13.0 Å². The molecular weight excluding hydrogens is 408 g/mol. The molecule has 0 spiro atoms. The number of nitrogens with zero attached hydrogens (tertiary/aromatic N) is 5. The van der Waals surface area contributed by atoms with Gasteiger partial charge >= 0.3 is 0 Å².